The van der Waals surface area contributed by atoms with E-state index in [0.29, 0.717) is 19.5 Å². The van der Waals surface area contributed by atoms with E-state index in [-0.39, 0.29) is 5.91 Å². The molecule has 0 aromatic carbocycles. The van der Waals surface area contributed by atoms with E-state index in [1.165, 1.54) is 11.3 Å². The maximum Gasteiger partial charge on any atom is 0.240 e. The molecule has 0 spiro atoms. The molecule has 5 nitrogen and oxygen atoms in total. The van der Waals surface area contributed by atoms with Crippen LogP contribution in [-0.4, -0.2) is 28.4 Å². The molecule has 1 atom stereocenters. The third-order valence-corrected chi connectivity index (χ3v) is 3.89. The first-order valence-corrected chi connectivity index (χ1v) is 8.08. The lowest BCUT2D eigenvalue weighted by Crippen LogP contribution is -2.45. The molecule has 0 saturated carbocycles. The summed E-state index contributed by atoms with van der Waals surface area (Å²) in [5, 5.41) is 1.93. The first-order chi connectivity index (χ1) is 10.2. The summed E-state index contributed by atoms with van der Waals surface area (Å²) in [5.41, 5.74) is 8.68. The molecule has 0 bridgehead atoms. The van der Waals surface area contributed by atoms with Crippen molar-refractivity contribution in [1.82, 2.24) is 9.88 Å². The highest BCUT2D eigenvalue weighted by Crippen LogP contribution is 2.11. The minimum atomic E-state index is -0.557. The normalized spacial score (nSPS) is 12.3. The lowest BCUT2D eigenvalue weighted by molar-refractivity contribution is -0.133. The number of thiazole rings is 1. The van der Waals surface area contributed by atoms with Crippen LogP contribution in [-0.2, 0) is 17.8 Å². The van der Waals surface area contributed by atoms with Crippen LogP contribution in [0.2, 0.25) is 0 Å². The first kappa shape index (κ1) is 15.7. The minimum absolute atomic E-state index is 0.0483. The van der Waals surface area contributed by atoms with Gasteiger partial charge in [0.2, 0.25) is 5.91 Å². The molecular weight excluding hydrogens is 286 g/mol. The molecule has 0 unspecified atom stereocenters. The Labute approximate surface area is 128 Å². The Bertz CT molecular complexity index is 525. The SMILES string of the molecule is CCCCN(Cc1ccco1)C(=O)[C@@H](N)Cc1cscn1. The second-order valence-corrected chi connectivity index (χ2v) is 5.70. The highest BCUT2D eigenvalue weighted by Gasteiger charge is 2.22. The molecule has 114 valence electrons. The van der Waals surface area contributed by atoms with Gasteiger partial charge in [-0.3, -0.25) is 4.79 Å². The zero-order chi connectivity index (χ0) is 15.1. The zero-order valence-electron chi connectivity index (χ0n) is 12.2. The largest absolute Gasteiger partial charge is 0.467 e. The van der Waals surface area contributed by atoms with Crippen LogP contribution in [0, 0.1) is 0 Å². The fraction of sp³-hybridized carbons (Fsp3) is 0.467. The summed E-state index contributed by atoms with van der Waals surface area (Å²) in [6.07, 6.45) is 4.08. The van der Waals surface area contributed by atoms with Crippen LogP contribution in [0.1, 0.15) is 31.2 Å². The molecule has 0 radical (unpaired) electrons. The number of nitrogens with zero attached hydrogens (tertiary/aromatic N) is 2. The van der Waals surface area contributed by atoms with E-state index in [0.717, 1.165) is 24.3 Å². The van der Waals surface area contributed by atoms with Crippen molar-refractivity contribution < 1.29 is 9.21 Å². The minimum Gasteiger partial charge on any atom is -0.467 e. The molecule has 21 heavy (non-hydrogen) atoms. The van der Waals surface area contributed by atoms with Crippen LogP contribution in [0.3, 0.4) is 0 Å². The van der Waals surface area contributed by atoms with Gasteiger partial charge in [0, 0.05) is 18.3 Å². The fourth-order valence-electron chi connectivity index (χ4n) is 2.09. The number of hydrogen-bond acceptors (Lipinski definition) is 5. The van der Waals surface area contributed by atoms with Gasteiger partial charge < -0.3 is 15.1 Å². The second kappa shape index (κ2) is 7.95. The lowest BCUT2D eigenvalue weighted by Gasteiger charge is -2.24. The van der Waals surface area contributed by atoms with Crippen LogP contribution in [0.4, 0.5) is 0 Å². The summed E-state index contributed by atoms with van der Waals surface area (Å²) < 4.78 is 5.33. The molecular formula is C15H21N3O2S. The Balaban J connectivity index is 1.98. The molecule has 2 N–H and O–H groups in total. The summed E-state index contributed by atoms with van der Waals surface area (Å²) in [6, 6.07) is 3.14. The highest BCUT2D eigenvalue weighted by atomic mass is 32.1. The number of unbranched alkanes of at least 4 members (excludes halogenated alkanes) is 1. The lowest BCUT2D eigenvalue weighted by atomic mass is 10.1. The van der Waals surface area contributed by atoms with Crippen molar-refractivity contribution in [2.75, 3.05) is 6.54 Å². The van der Waals surface area contributed by atoms with E-state index in [1.54, 1.807) is 16.7 Å². The average molecular weight is 307 g/mol. The number of furan rings is 1. The summed E-state index contributed by atoms with van der Waals surface area (Å²) in [7, 11) is 0. The Morgan fingerprint density at radius 2 is 2.43 bits per heavy atom. The van der Waals surface area contributed by atoms with E-state index in [1.807, 2.05) is 17.5 Å². The van der Waals surface area contributed by atoms with Crippen molar-refractivity contribution in [1.29, 1.82) is 0 Å². The predicted octanol–water partition coefficient (Wildman–Crippen LogP) is 2.43. The molecule has 0 aliphatic rings. The molecule has 0 saturated heterocycles. The van der Waals surface area contributed by atoms with Gasteiger partial charge in [0.1, 0.15) is 5.76 Å². The van der Waals surface area contributed by atoms with Crippen LogP contribution in [0.5, 0.6) is 0 Å². The summed E-state index contributed by atoms with van der Waals surface area (Å²) in [6.45, 7) is 3.27. The maximum absolute atomic E-state index is 12.5. The Morgan fingerprint density at radius 1 is 1.57 bits per heavy atom. The Morgan fingerprint density at radius 3 is 3.05 bits per heavy atom. The van der Waals surface area contributed by atoms with Crippen molar-refractivity contribution in [3.63, 3.8) is 0 Å². The smallest absolute Gasteiger partial charge is 0.240 e. The van der Waals surface area contributed by atoms with Crippen LogP contribution in [0.15, 0.2) is 33.7 Å². The number of aromatic nitrogens is 1. The third kappa shape index (κ3) is 4.68. The number of hydrogen-bond donors (Lipinski definition) is 1. The van der Waals surface area contributed by atoms with Gasteiger partial charge in [0.05, 0.1) is 30.1 Å². The van der Waals surface area contributed by atoms with E-state index < -0.39 is 6.04 Å². The zero-order valence-corrected chi connectivity index (χ0v) is 13.0. The maximum atomic E-state index is 12.5. The van der Waals surface area contributed by atoms with Gasteiger partial charge in [-0.2, -0.15) is 0 Å². The van der Waals surface area contributed by atoms with E-state index in [9.17, 15) is 4.79 Å². The van der Waals surface area contributed by atoms with Gasteiger partial charge in [-0.1, -0.05) is 13.3 Å². The van der Waals surface area contributed by atoms with Crippen molar-refractivity contribution in [2.45, 2.75) is 38.8 Å². The molecule has 2 heterocycles. The Hall–Kier alpha value is -1.66. The monoisotopic (exact) mass is 307 g/mol. The molecule has 0 aliphatic heterocycles. The van der Waals surface area contributed by atoms with Gasteiger partial charge in [-0.05, 0) is 18.6 Å². The number of rotatable bonds is 8. The molecule has 2 aromatic rings. The molecule has 6 heteroatoms. The molecule has 0 fully saturated rings. The number of amides is 1. The van der Waals surface area contributed by atoms with E-state index in [4.69, 9.17) is 10.2 Å². The van der Waals surface area contributed by atoms with Gasteiger partial charge in [-0.25, -0.2) is 4.98 Å². The fourth-order valence-corrected chi connectivity index (χ4v) is 2.66. The van der Waals surface area contributed by atoms with Crippen LogP contribution < -0.4 is 5.73 Å². The molecule has 2 aromatic heterocycles. The standard InChI is InChI=1S/C15H21N3O2S/c1-2-3-6-18(9-13-5-4-7-20-13)15(19)14(16)8-12-10-21-11-17-12/h4-5,7,10-11,14H,2-3,6,8-9,16H2,1H3/t14-/m0/s1. The Kier molecular flexibility index (Phi) is 5.95. The third-order valence-electron chi connectivity index (χ3n) is 3.25. The number of carbonyl (C=O) groups is 1. The van der Waals surface area contributed by atoms with Crippen molar-refractivity contribution in [2.24, 2.45) is 5.73 Å². The highest BCUT2D eigenvalue weighted by molar-refractivity contribution is 7.07. The quantitative estimate of drug-likeness (QED) is 0.813. The van der Waals surface area contributed by atoms with Crippen molar-refractivity contribution in [3.8, 4) is 0 Å². The van der Waals surface area contributed by atoms with Crippen LogP contribution >= 0.6 is 11.3 Å². The summed E-state index contributed by atoms with van der Waals surface area (Å²) >= 11 is 1.51. The first-order valence-electron chi connectivity index (χ1n) is 7.14. The number of nitrogens with two attached hydrogens (primary N) is 1. The topological polar surface area (TPSA) is 72.4 Å². The molecule has 2 rings (SSSR count). The molecule has 0 aliphatic carbocycles. The van der Waals surface area contributed by atoms with Crippen molar-refractivity contribution >= 4 is 17.2 Å². The van der Waals surface area contributed by atoms with Gasteiger partial charge >= 0.3 is 0 Å². The van der Waals surface area contributed by atoms with Gasteiger partial charge in [0.25, 0.3) is 0 Å². The van der Waals surface area contributed by atoms with Crippen LogP contribution in [0.25, 0.3) is 0 Å². The predicted molar refractivity (Wildman–Crippen MR) is 82.8 cm³/mol. The van der Waals surface area contributed by atoms with Gasteiger partial charge in [0.15, 0.2) is 0 Å². The summed E-state index contributed by atoms with van der Waals surface area (Å²) in [4.78, 5) is 18.5. The molecule has 1 amide bonds. The number of carbonyl (C=O) groups excluding carboxylic acids is 1. The summed E-state index contributed by atoms with van der Waals surface area (Å²) in [5.74, 6) is 0.730. The second-order valence-electron chi connectivity index (χ2n) is 4.98. The van der Waals surface area contributed by atoms with Crippen molar-refractivity contribution in [3.05, 3.63) is 40.7 Å². The van der Waals surface area contributed by atoms with Gasteiger partial charge in [-0.15, -0.1) is 11.3 Å². The van der Waals surface area contributed by atoms with E-state index >= 15 is 0 Å². The average Bonchev–Trinajstić information content (AvgIpc) is 3.16. The van der Waals surface area contributed by atoms with E-state index in [2.05, 4.69) is 11.9 Å².